The number of nitro benzene ring substituents is 1. The number of benzene rings is 2. The Balaban J connectivity index is 1.64. The summed E-state index contributed by atoms with van der Waals surface area (Å²) >= 11 is 0. The van der Waals surface area contributed by atoms with Crippen molar-refractivity contribution < 1.29 is 24.1 Å². The number of nitrogens with zero attached hydrogens (tertiary/aromatic N) is 1. The van der Waals surface area contributed by atoms with Crippen molar-refractivity contribution in [3.63, 3.8) is 0 Å². The maximum atomic E-state index is 13.0. The van der Waals surface area contributed by atoms with Crippen molar-refractivity contribution in [2.45, 2.75) is 44.3 Å². The number of nitrogens with one attached hydrogen (secondary N) is 4. The molecular weight excluding hydrogens is 442 g/mol. The molecule has 0 aliphatic carbocycles. The predicted molar refractivity (Wildman–Crippen MR) is 123 cm³/mol. The molecule has 3 unspecified atom stereocenters. The van der Waals surface area contributed by atoms with Crippen molar-refractivity contribution in [3.8, 4) is 0 Å². The molecule has 2 aromatic rings. The lowest BCUT2D eigenvalue weighted by molar-refractivity contribution is -0.384. The molecule has 11 nitrogen and oxygen atoms in total. The van der Waals surface area contributed by atoms with Gasteiger partial charge in [0.25, 0.3) is 5.69 Å². The Morgan fingerprint density at radius 3 is 2.32 bits per heavy atom. The number of carbonyl (C=O) groups excluding carboxylic acids is 4. The maximum absolute atomic E-state index is 13.0. The molecule has 0 saturated carbocycles. The number of non-ortho nitro benzene ring substituents is 1. The van der Waals surface area contributed by atoms with Crippen molar-refractivity contribution in [2.75, 3.05) is 5.32 Å². The molecule has 0 aromatic heterocycles. The average molecular weight is 467 g/mol. The number of amides is 4. The van der Waals surface area contributed by atoms with E-state index in [4.69, 9.17) is 0 Å². The molecule has 3 rings (SSSR count). The Morgan fingerprint density at radius 1 is 1.06 bits per heavy atom. The molecule has 1 aliphatic rings. The van der Waals surface area contributed by atoms with Gasteiger partial charge in [-0.05, 0) is 31.0 Å². The fourth-order valence-corrected chi connectivity index (χ4v) is 3.44. The van der Waals surface area contributed by atoms with Crippen molar-refractivity contribution in [1.29, 1.82) is 0 Å². The van der Waals surface area contributed by atoms with Crippen LogP contribution < -0.4 is 21.3 Å². The number of hydrogen-bond donors (Lipinski definition) is 4. The van der Waals surface area contributed by atoms with Gasteiger partial charge in [-0.1, -0.05) is 30.3 Å². The van der Waals surface area contributed by atoms with E-state index >= 15 is 0 Å². The second-order valence-electron chi connectivity index (χ2n) is 7.93. The second kappa shape index (κ2) is 11.0. The Morgan fingerprint density at radius 2 is 1.74 bits per heavy atom. The number of nitro groups is 1. The van der Waals surface area contributed by atoms with Gasteiger partial charge in [-0.2, -0.15) is 0 Å². The second-order valence-corrected chi connectivity index (χ2v) is 7.93. The third-order valence-electron chi connectivity index (χ3n) is 5.33. The highest BCUT2D eigenvalue weighted by Gasteiger charge is 2.31. The first kappa shape index (κ1) is 24.4. The minimum Gasteiger partial charge on any atom is -0.344 e. The highest BCUT2D eigenvalue weighted by atomic mass is 16.6. The van der Waals surface area contributed by atoms with Crippen molar-refractivity contribution in [1.82, 2.24) is 16.0 Å². The molecule has 3 atom stereocenters. The maximum Gasteiger partial charge on any atom is 0.269 e. The quantitative estimate of drug-likeness (QED) is 0.318. The molecule has 1 fully saturated rings. The van der Waals surface area contributed by atoms with E-state index in [-0.39, 0.29) is 24.4 Å². The SMILES string of the molecule is CC(NC(=O)C(Cc1ccccc1)NC(=O)C1CCC(=O)N1)C(=O)Nc1ccc([N+](=O)[O-])cc1. The van der Waals surface area contributed by atoms with E-state index in [2.05, 4.69) is 21.3 Å². The van der Waals surface area contributed by atoms with Gasteiger partial charge in [0.2, 0.25) is 23.6 Å². The van der Waals surface area contributed by atoms with Crippen LogP contribution >= 0.6 is 0 Å². The van der Waals surface area contributed by atoms with Crippen LogP contribution in [-0.2, 0) is 25.6 Å². The lowest BCUT2D eigenvalue weighted by Gasteiger charge is -2.22. The Bertz CT molecular complexity index is 1070. The van der Waals surface area contributed by atoms with Crippen LogP contribution in [0.1, 0.15) is 25.3 Å². The molecule has 1 aliphatic heterocycles. The Hall–Kier alpha value is -4.28. The number of anilines is 1. The summed E-state index contributed by atoms with van der Waals surface area (Å²) in [6, 6.07) is 11.7. The first-order valence-corrected chi connectivity index (χ1v) is 10.7. The van der Waals surface area contributed by atoms with E-state index in [0.29, 0.717) is 12.1 Å². The zero-order chi connectivity index (χ0) is 24.7. The highest BCUT2D eigenvalue weighted by molar-refractivity contribution is 5.99. The lowest BCUT2D eigenvalue weighted by Crippen LogP contribution is -2.55. The largest absolute Gasteiger partial charge is 0.344 e. The van der Waals surface area contributed by atoms with Gasteiger partial charge in [0, 0.05) is 30.7 Å². The van der Waals surface area contributed by atoms with Crippen LogP contribution in [0.4, 0.5) is 11.4 Å². The third-order valence-corrected chi connectivity index (χ3v) is 5.33. The summed E-state index contributed by atoms with van der Waals surface area (Å²) in [6.45, 7) is 1.48. The zero-order valence-corrected chi connectivity index (χ0v) is 18.4. The first-order chi connectivity index (χ1) is 16.2. The minimum absolute atomic E-state index is 0.114. The zero-order valence-electron chi connectivity index (χ0n) is 18.4. The molecule has 34 heavy (non-hydrogen) atoms. The fourth-order valence-electron chi connectivity index (χ4n) is 3.44. The topological polar surface area (TPSA) is 160 Å². The third kappa shape index (κ3) is 6.61. The minimum atomic E-state index is -0.970. The summed E-state index contributed by atoms with van der Waals surface area (Å²) in [5, 5.41) is 21.2. The molecule has 178 valence electrons. The van der Waals surface area contributed by atoms with Gasteiger partial charge in [0.15, 0.2) is 0 Å². The van der Waals surface area contributed by atoms with Crippen molar-refractivity contribution >= 4 is 35.0 Å². The number of rotatable bonds is 9. The van der Waals surface area contributed by atoms with Crippen LogP contribution in [0.5, 0.6) is 0 Å². The Labute approximate surface area is 195 Å². The molecule has 11 heteroatoms. The van der Waals surface area contributed by atoms with Crippen LogP contribution in [0, 0.1) is 10.1 Å². The van der Waals surface area contributed by atoms with E-state index < -0.39 is 40.8 Å². The average Bonchev–Trinajstić information content (AvgIpc) is 3.26. The summed E-state index contributed by atoms with van der Waals surface area (Å²) < 4.78 is 0. The van der Waals surface area contributed by atoms with Gasteiger partial charge in [-0.3, -0.25) is 29.3 Å². The van der Waals surface area contributed by atoms with E-state index in [1.807, 2.05) is 30.3 Å². The van der Waals surface area contributed by atoms with Crippen LogP contribution in [0.25, 0.3) is 0 Å². The van der Waals surface area contributed by atoms with E-state index in [1.54, 1.807) is 0 Å². The lowest BCUT2D eigenvalue weighted by atomic mass is 10.0. The van der Waals surface area contributed by atoms with Crippen LogP contribution in [-0.4, -0.2) is 46.7 Å². The highest BCUT2D eigenvalue weighted by Crippen LogP contribution is 2.15. The van der Waals surface area contributed by atoms with E-state index in [9.17, 15) is 29.3 Å². The predicted octanol–water partition coefficient (Wildman–Crippen LogP) is 1.04. The Kier molecular flexibility index (Phi) is 7.91. The van der Waals surface area contributed by atoms with E-state index in [0.717, 1.165) is 5.56 Å². The molecule has 1 heterocycles. The van der Waals surface area contributed by atoms with Gasteiger partial charge < -0.3 is 21.3 Å². The molecule has 2 aromatic carbocycles. The molecule has 0 bridgehead atoms. The monoisotopic (exact) mass is 467 g/mol. The summed E-state index contributed by atoms with van der Waals surface area (Å²) in [5.74, 6) is -1.78. The summed E-state index contributed by atoms with van der Waals surface area (Å²) in [6.07, 6.45) is 0.779. The van der Waals surface area contributed by atoms with Crippen molar-refractivity contribution in [3.05, 3.63) is 70.3 Å². The number of hydrogen-bond acceptors (Lipinski definition) is 6. The standard InChI is InChI=1S/C23H25N5O6/c1-14(21(30)25-16-7-9-17(10-8-16)28(33)34)24-23(32)19(13-15-5-3-2-4-6-15)27-22(31)18-11-12-20(29)26-18/h2-10,14,18-19H,11-13H2,1H3,(H,24,32)(H,25,30)(H,26,29)(H,27,31). The number of carbonyl (C=O) groups is 4. The summed E-state index contributed by atoms with van der Waals surface area (Å²) in [5.41, 5.74) is 1.03. The van der Waals surface area contributed by atoms with Gasteiger partial charge in [-0.15, -0.1) is 0 Å². The smallest absolute Gasteiger partial charge is 0.269 e. The van der Waals surface area contributed by atoms with Crippen molar-refractivity contribution in [2.24, 2.45) is 0 Å². The normalized spacial score (nSPS) is 16.6. The van der Waals surface area contributed by atoms with Crippen LogP contribution in [0.3, 0.4) is 0 Å². The summed E-state index contributed by atoms with van der Waals surface area (Å²) in [7, 11) is 0. The molecule has 0 spiro atoms. The molecular formula is C23H25N5O6. The van der Waals surface area contributed by atoms with Gasteiger partial charge >= 0.3 is 0 Å². The van der Waals surface area contributed by atoms with Crippen LogP contribution in [0.2, 0.25) is 0 Å². The van der Waals surface area contributed by atoms with Gasteiger partial charge in [0.1, 0.15) is 18.1 Å². The van der Waals surface area contributed by atoms with Gasteiger partial charge in [0.05, 0.1) is 4.92 Å². The molecule has 4 amide bonds. The first-order valence-electron chi connectivity index (χ1n) is 10.7. The van der Waals surface area contributed by atoms with E-state index in [1.165, 1.54) is 31.2 Å². The van der Waals surface area contributed by atoms with Gasteiger partial charge in [-0.25, -0.2) is 0 Å². The fraction of sp³-hybridized carbons (Fsp3) is 0.304. The molecule has 0 radical (unpaired) electrons. The van der Waals surface area contributed by atoms with Crippen LogP contribution in [0.15, 0.2) is 54.6 Å². The summed E-state index contributed by atoms with van der Waals surface area (Å²) in [4.78, 5) is 59.8. The molecule has 4 N–H and O–H groups in total. The molecule has 1 saturated heterocycles.